The molecule has 0 spiro atoms. The van der Waals surface area contributed by atoms with Gasteiger partial charge in [0.05, 0.1) is 0 Å². The third-order valence-corrected chi connectivity index (χ3v) is 4.23. The smallest absolute Gasteiger partial charge is 0.320 e. The second-order valence-electron chi connectivity index (χ2n) is 5.95. The van der Waals surface area contributed by atoms with Crippen molar-refractivity contribution >= 4 is 6.03 Å². The van der Waals surface area contributed by atoms with Crippen molar-refractivity contribution in [3.63, 3.8) is 0 Å². The number of nitrogens with zero attached hydrogens (tertiary/aromatic N) is 3. The van der Waals surface area contributed by atoms with Crippen molar-refractivity contribution < 1.29 is 4.79 Å². The number of rotatable bonds is 2. The maximum Gasteiger partial charge on any atom is 0.320 e. The minimum atomic E-state index is 0.251. The molecule has 0 saturated carbocycles. The molecule has 19 heavy (non-hydrogen) atoms. The van der Waals surface area contributed by atoms with Crippen LogP contribution in [0, 0.1) is 5.92 Å². The Hall–Kier alpha value is -0.810. The summed E-state index contributed by atoms with van der Waals surface area (Å²) in [5, 5.41) is 0. The molecule has 2 N–H and O–H groups in total. The summed E-state index contributed by atoms with van der Waals surface area (Å²) < 4.78 is 0. The van der Waals surface area contributed by atoms with E-state index in [0.29, 0.717) is 12.5 Å². The Kier molecular flexibility index (Phi) is 5.45. The zero-order chi connectivity index (χ0) is 13.7. The molecule has 5 heteroatoms. The first-order chi connectivity index (χ1) is 9.20. The predicted molar refractivity (Wildman–Crippen MR) is 77.1 cm³/mol. The van der Waals surface area contributed by atoms with Gasteiger partial charge in [-0.25, -0.2) is 4.79 Å². The van der Waals surface area contributed by atoms with Crippen molar-refractivity contribution in [2.45, 2.75) is 26.2 Å². The largest absolute Gasteiger partial charge is 0.329 e. The Morgan fingerprint density at radius 1 is 1.11 bits per heavy atom. The number of amides is 2. The first kappa shape index (κ1) is 14.6. The van der Waals surface area contributed by atoms with Crippen molar-refractivity contribution in [3.05, 3.63) is 0 Å². The van der Waals surface area contributed by atoms with Crippen molar-refractivity contribution in [2.75, 3.05) is 52.4 Å². The number of piperidine rings is 1. The molecular formula is C14H28N4O. The third kappa shape index (κ3) is 4.08. The number of urea groups is 1. The van der Waals surface area contributed by atoms with Crippen LogP contribution < -0.4 is 5.73 Å². The Labute approximate surface area is 116 Å². The van der Waals surface area contributed by atoms with Gasteiger partial charge in [0, 0.05) is 45.8 Å². The van der Waals surface area contributed by atoms with Crippen LogP contribution >= 0.6 is 0 Å². The lowest BCUT2D eigenvalue weighted by Gasteiger charge is -2.35. The van der Waals surface area contributed by atoms with Crippen molar-refractivity contribution in [1.82, 2.24) is 14.7 Å². The SMILES string of the molecule is CC1CCCN(C(=O)N2CCCN(CCN)CC2)C1. The van der Waals surface area contributed by atoms with E-state index in [2.05, 4.69) is 11.8 Å². The molecule has 2 fully saturated rings. The van der Waals surface area contributed by atoms with Crippen molar-refractivity contribution in [3.8, 4) is 0 Å². The van der Waals surface area contributed by atoms with Gasteiger partial charge in [0.1, 0.15) is 0 Å². The number of carbonyl (C=O) groups excluding carboxylic acids is 1. The van der Waals surface area contributed by atoms with Crippen LogP contribution in [0.25, 0.3) is 0 Å². The van der Waals surface area contributed by atoms with E-state index >= 15 is 0 Å². The second-order valence-corrected chi connectivity index (χ2v) is 5.95. The predicted octanol–water partition coefficient (Wildman–Crippen LogP) is 0.805. The third-order valence-electron chi connectivity index (χ3n) is 4.23. The summed E-state index contributed by atoms with van der Waals surface area (Å²) >= 11 is 0. The number of hydrogen-bond acceptors (Lipinski definition) is 3. The fraction of sp³-hybridized carbons (Fsp3) is 0.929. The van der Waals surface area contributed by atoms with E-state index in [1.165, 1.54) is 6.42 Å². The molecule has 2 saturated heterocycles. The van der Waals surface area contributed by atoms with Crippen LogP contribution in [0.1, 0.15) is 26.2 Å². The normalized spacial score (nSPS) is 26.3. The first-order valence-corrected chi connectivity index (χ1v) is 7.67. The fourth-order valence-electron chi connectivity index (χ4n) is 3.13. The maximum absolute atomic E-state index is 12.5. The van der Waals surface area contributed by atoms with E-state index in [4.69, 9.17) is 5.73 Å². The highest BCUT2D eigenvalue weighted by atomic mass is 16.2. The van der Waals surface area contributed by atoms with Gasteiger partial charge in [-0.2, -0.15) is 0 Å². The van der Waals surface area contributed by atoms with E-state index in [1.807, 2.05) is 9.80 Å². The molecule has 0 aromatic heterocycles. The number of carbonyl (C=O) groups is 1. The quantitative estimate of drug-likeness (QED) is 0.806. The molecule has 0 bridgehead atoms. The molecule has 0 aromatic carbocycles. The lowest BCUT2D eigenvalue weighted by Crippen LogP contribution is -2.48. The van der Waals surface area contributed by atoms with Gasteiger partial charge in [0.2, 0.25) is 0 Å². The molecular weight excluding hydrogens is 240 g/mol. The Balaban J connectivity index is 1.85. The summed E-state index contributed by atoms with van der Waals surface area (Å²) in [6, 6.07) is 0.251. The fourth-order valence-corrected chi connectivity index (χ4v) is 3.13. The molecule has 2 rings (SSSR count). The van der Waals surface area contributed by atoms with Crippen molar-refractivity contribution in [1.29, 1.82) is 0 Å². The zero-order valence-electron chi connectivity index (χ0n) is 12.2. The minimum absolute atomic E-state index is 0.251. The Bertz CT molecular complexity index is 297. The zero-order valence-corrected chi connectivity index (χ0v) is 12.2. The molecule has 0 radical (unpaired) electrons. The topological polar surface area (TPSA) is 52.8 Å². The molecule has 1 atom stereocenters. The van der Waals surface area contributed by atoms with Crippen LogP contribution in [0.2, 0.25) is 0 Å². The van der Waals surface area contributed by atoms with Gasteiger partial charge >= 0.3 is 6.03 Å². The summed E-state index contributed by atoms with van der Waals surface area (Å²) in [6.07, 6.45) is 3.48. The summed E-state index contributed by atoms with van der Waals surface area (Å²) in [5.41, 5.74) is 5.61. The molecule has 2 aliphatic heterocycles. The van der Waals surface area contributed by atoms with E-state index in [9.17, 15) is 4.79 Å². The highest BCUT2D eigenvalue weighted by molar-refractivity contribution is 5.74. The van der Waals surface area contributed by atoms with Gasteiger partial charge in [-0.05, 0) is 31.7 Å². The average Bonchev–Trinajstić information content (AvgIpc) is 2.64. The Morgan fingerprint density at radius 2 is 1.89 bits per heavy atom. The second kappa shape index (κ2) is 7.10. The van der Waals surface area contributed by atoms with E-state index in [0.717, 1.165) is 58.7 Å². The highest BCUT2D eigenvalue weighted by Gasteiger charge is 2.26. The van der Waals surface area contributed by atoms with Crippen LogP contribution in [0.3, 0.4) is 0 Å². The van der Waals surface area contributed by atoms with Gasteiger partial charge in [0.25, 0.3) is 0 Å². The molecule has 2 amide bonds. The van der Waals surface area contributed by atoms with E-state index in [1.54, 1.807) is 0 Å². The van der Waals surface area contributed by atoms with Crippen LogP contribution in [0.4, 0.5) is 4.79 Å². The number of likely N-dealkylation sites (tertiary alicyclic amines) is 1. The highest BCUT2D eigenvalue weighted by Crippen LogP contribution is 2.17. The Morgan fingerprint density at radius 3 is 2.63 bits per heavy atom. The summed E-state index contributed by atoms with van der Waals surface area (Å²) in [7, 11) is 0. The summed E-state index contributed by atoms with van der Waals surface area (Å²) in [4.78, 5) is 19.0. The number of hydrogen-bond donors (Lipinski definition) is 1. The van der Waals surface area contributed by atoms with Gasteiger partial charge in [-0.15, -0.1) is 0 Å². The number of nitrogens with two attached hydrogens (primary N) is 1. The maximum atomic E-state index is 12.5. The van der Waals surface area contributed by atoms with E-state index < -0.39 is 0 Å². The van der Waals surface area contributed by atoms with Crippen molar-refractivity contribution in [2.24, 2.45) is 11.7 Å². The van der Waals surface area contributed by atoms with Crippen LogP contribution in [0.5, 0.6) is 0 Å². The van der Waals surface area contributed by atoms with Gasteiger partial charge in [0.15, 0.2) is 0 Å². The molecule has 2 heterocycles. The van der Waals surface area contributed by atoms with E-state index in [-0.39, 0.29) is 6.03 Å². The monoisotopic (exact) mass is 268 g/mol. The standard InChI is InChI=1S/C14H28N4O/c1-13-4-2-7-18(12-13)14(19)17-8-3-6-16(9-5-15)10-11-17/h13H,2-12,15H2,1H3. The molecule has 110 valence electrons. The van der Waals surface area contributed by atoms with Crippen LogP contribution in [0.15, 0.2) is 0 Å². The lowest BCUT2D eigenvalue weighted by molar-refractivity contribution is 0.132. The molecule has 5 nitrogen and oxygen atoms in total. The molecule has 1 unspecified atom stereocenters. The van der Waals surface area contributed by atoms with Crippen LogP contribution in [-0.4, -0.2) is 73.1 Å². The summed E-state index contributed by atoms with van der Waals surface area (Å²) in [5.74, 6) is 0.651. The average molecular weight is 268 g/mol. The minimum Gasteiger partial charge on any atom is -0.329 e. The van der Waals surface area contributed by atoms with Gasteiger partial charge < -0.3 is 20.4 Å². The molecule has 2 aliphatic rings. The molecule has 0 aromatic rings. The summed E-state index contributed by atoms with van der Waals surface area (Å²) in [6.45, 7) is 9.54. The van der Waals surface area contributed by atoms with Crippen LogP contribution in [-0.2, 0) is 0 Å². The lowest BCUT2D eigenvalue weighted by atomic mass is 10.0. The molecule has 0 aliphatic carbocycles. The first-order valence-electron chi connectivity index (χ1n) is 7.67. The van der Waals surface area contributed by atoms with Gasteiger partial charge in [-0.3, -0.25) is 0 Å². The van der Waals surface area contributed by atoms with Gasteiger partial charge in [-0.1, -0.05) is 6.92 Å².